The number of aromatic amines is 2. The number of aryl methyl sites for hydroxylation is 4. The van der Waals surface area contributed by atoms with E-state index in [1.165, 1.54) is 31.6 Å². The van der Waals surface area contributed by atoms with Crippen LogP contribution in [0.2, 0.25) is 0 Å². The van der Waals surface area contributed by atoms with Crippen LogP contribution in [0.1, 0.15) is 22.3 Å². The Balaban J connectivity index is 0.000000217. The molecule has 7 heteroatoms. The molecule has 0 aliphatic rings. The number of anilines is 2. The van der Waals surface area contributed by atoms with E-state index in [1.54, 1.807) is 12.1 Å². The fourth-order valence-corrected chi connectivity index (χ4v) is 8.78. The monoisotopic (exact) mass is 976 g/mol. The molecular formula is C42H33IN3O2U-. The van der Waals surface area contributed by atoms with Gasteiger partial charge in [-0.05, 0) is 6.07 Å². The molecule has 0 radical (unpaired) electrons. The molecular weight excluding hydrogens is 943 g/mol. The smallest absolute Gasteiger partial charge is 0.377 e. The zero-order valence-electron chi connectivity index (χ0n) is 27.6. The van der Waals surface area contributed by atoms with Crippen LogP contribution >= 0.6 is 0 Å². The third-order valence-corrected chi connectivity index (χ3v) is 11.2. The summed E-state index contributed by atoms with van der Waals surface area (Å²) >= 11 is -0.621. The molecule has 5 nitrogen and oxygen atoms in total. The van der Waals surface area contributed by atoms with Crippen molar-refractivity contribution in [1.29, 1.82) is 0 Å². The van der Waals surface area contributed by atoms with Crippen LogP contribution in [0, 0.1) is 74.5 Å². The Morgan fingerprint density at radius 1 is 0.592 bits per heavy atom. The van der Waals surface area contributed by atoms with Gasteiger partial charge in [-0.1, -0.05) is 29.1 Å². The normalized spacial score (nSPS) is 11.0. The van der Waals surface area contributed by atoms with Crippen molar-refractivity contribution in [2.75, 3.05) is 3.11 Å². The number of H-pyrrole nitrogens is 2. The number of hydrogen-bond acceptors (Lipinski definition) is 3. The number of rotatable bonds is 4. The van der Waals surface area contributed by atoms with Crippen molar-refractivity contribution in [3.8, 4) is 0 Å². The quantitative estimate of drug-likeness (QED) is 0.0956. The summed E-state index contributed by atoms with van der Waals surface area (Å²) in [6.45, 7) is 8.53. The molecule has 2 N–H and O–H groups in total. The zero-order valence-corrected chi connectivity index (χ0v) is 33.9. The van der Waals surface area contributed by atoms with Crippen molar-refractivity contribution in [2.24, 2.45) is 0 Å². The van der Waals surface area contributed by atoms with Gasteiger partial charge in [-0.3, -0.25) is 0 Å². The number of halogens is 1. The van der Waals surface area contributed by atoms with Crippen LogP contribution in [0.4, 0.5) is 11.4 Å². The van der Waals surface area contributed by atoms with Gasteiger partial charge in [-0.2, -0.15) is 18.2 Å². The predicted molar refractivity (Wildman–Crippen MR) is 194 cm³/mol. The van der Waals surface area contributed by atoms with E-state index in [0.717, 1.165) is 43.8 Å². The van der Waals surface area contributed by atoms with E-state index < -0.39 is 21.5 Å². The van der Waals surface area contributed by atoms with Crippen molar-refractivity contribution in [1.82, 2.24) is 9.97 Å². The SMILES string of the molecule is Cc1[c-]cc(C)c(N([I-]c2ccc3[nH]c4ccccc4c(=O)c3c2)c2cc(C)ccc2C)c1.O=c1c2c[c-]ccc2[nH]c2ccccc12.[U+2]. The number of nitrogens with zero attached hydrogens (tertiary/aromatic N) is 1. The van der Waals surface area contributed by atoms with Crippen LogP contribution in [-0.2, 0) is 0 Å². The Morgan fingerprint density at radius 2 is 1.20 bits per heavy atom. The summed E-state index contributed by atoms with van der Waals surface area (Å²) < 4.78 is 3.67. The number of aromatic nitrogens is 2. The third-order valence-electron chi connectivity index (χ3n) is 8.46. The number of nitrogens with one attached hydrogen (secondary N) is 2. The Hall–Kier alpha value is -4.16. The minimum absolute atomic E-state index is 0. The zero-order chi connectivity index (χ0) is 33.4. The average Bonchev–Trinajstić information content (AvgIpc) is 3.10. The number of hydrogen-bond donors (Lipinski definition) is 2. The molecule has 0 fully saturated rings. The van der Waals surface area contributed by atoms with E-state index in [2.05, 4.69) is 101 Å². The van der Waals surface area contributed by atoms with Gasteiger partial charge in [-0.25, -0.2) is 0 Å². The Bertz CT molecular complexity index is 2500. The molecule has 0 unspecified atom stereocenters. The van der Waals surface area contributed by atoms with Gasteiger partial charge in [0.15, 0.2) is 0 Å². The van der Waals surface area contributed by atoms with Gasteiger partial charge in [0, 0.05) is 10.9 Å². The molecule has 6 aromatic carbocycles. The third kappa shape index (κ3) is 7.12. The minimum atomic E-state index is -0.621. The van der Waals surface area contributed by atoms with Crippen LogP contribution in [-0.4, -0.2) is 9.97 Å². The second kappa shape index (κ2) is 14.8. The first-order valence-electron chi connectivity index (χ1n) is 15.7. The van der Waals surface area contributed by atoms with Crippen LogP contribution < -0.4 is 35.4 Å². The molecule has 8 aromatic rings. The molecule has 0 aliphatic heterocycles. The standard InChI is InChI=1S/C29H25IN2O.C13H8NO.U/c1-18-9-11-20(3)27(15-18)32(28-16-19(2)10-12-21(28)4)30-22-13-14-26-24(17-22)29(33)23-7-5-6-8-25(23)31-26;15-13-9-5-1-3-7-11(9)14-12-8-4-2-6-10(12)13;/h5-9,11-17H,1-4H3,(H,31,33);1,3-8H,(H,14,15);/q-2;-1;+2. The van der Waals surface area contributed by atoms with Crippen LogP contribution in [0.3, 0.4) is 0 Å². The summed E-state index contributed by atoms with van der Waals surface area (Å²) in [5, 5.41) is 2.90. The van der Waals surface area contributed by atoms with Gasteiger partial charge in [0.2, 0.25) is 0 Å². The summed E-state index contributed by atoms with van der Waals surface area (Å²) in [4.78, 5) is 31.9. The first-order valence-corrected chi connectivity index (χ1v) is 17.8. The topological polar surface area (TPSA) is 69.0 Å². The van der Waals surface area contributed by atoms with E-state index in [1.807, 2.05) is 54.6 Å². The van der Waals surface area contributed by atoms with Crippen molar-refractivity contribution in [3.05, 3.63) is 174 Å². The minimum Gasteiger partial charge on any atom is -0.377 e. The Kier molecular flexibility index (Phi) is 10.4. The molecule has 240 valence electrons. The van der Waals surface area contributed by atoms with Crippen molar-refractivity contribution in [2.45, 2.75) is 27.7 Å². The van der Waals surface area contributed by atoms with Gasteiger partial charge in [0.1, 0.15) is 5.43 Å². The second-order valence-corrected chi connectivity index (χ2v) is 14.7. The van der Waals surface area contributed by atoms with Crippen molar-refractivity contribution < 1.29 is 52.6 Å². The van der Waals surface area contributed by atoms with Gasteiger partial charge < -0.3 is 9.78 Å². The van der Waals surface area contributed by atoms with Gasteiger partial charge in [0.05, 0.1) is 0 Å². The molecule has 8 rings (SSSR count). The fourth-order valence-electron chi connectivity index (χ4n) is 5.87. The number of fused-ring (bicyclic) bond motifs is 4. The van der Waals surface area contributed by atoms with E-state index in [-0.39, 0.29) is 42.0 Å². The van der Waals surface area contributed by atoms with Crippen LogP contribution in [0.25, 0.3) is 43.6 Å². The summed E-state index contributed by atoms with van der Waals surface area (Å²) in [7, 11) is 0. The molecule has 49 heavy (non-hydrogen) atoms. The summed E-state index contributed by atoms with van der Waals surface area (Å²) in [6.07, 6.45) is 0. The summed E-state index contributed by atoms with van der Waals surface area (Å²) in [5.41, 5.74) is 10.9. The second-order valence-electron chi connectivity index (χ2n) is 12.0. The van der Waals surface area contributed by atoms with Gasteiger partial charge in [-0.15, -0.1) is 6.07 Å². The summed E-state index contributed by atoms with van der Waals surface area (Å²) in [6, 6.07) is 44.1. The van der Waals surface area contributed by atoms with Crippen LogP contribution in [0.5, 0.6) is 0 Å². The molecule has 0 atom stereocenters. The first-order chi connectivity index (χ1) is 23.3. The maximum absolute atomic E-state index is 13.2. The van der Waals surface area contributed by atoms with E-state index >= 15 is 0 Å². The molecule has 0 spiro atoms. The largest absolute Gasteiger partial charge is 2.00 e. The maximum atomic E-state index is 13.2. The average molecular weight is 977 g/mol. The predicted octanol–water partition coefficient (Wildman–Crippen LogP) is 6.21. The molecule has 2 aromatic heterocycles. The first kappa shape index (κ1) is 34.7. The number of benzene rings is 6. The van der Waals surface area contributed by atoms with Crippen LogP contribution in [0.15, 0.2) is 125 Å². The molecule has 0 aliphatic carbocycles. The Labute approximate surface area is 319 Å². The molecule has 0 amide bonds. The van der Waals surface area contributed by atoms with Gasteiger partial charge in [0.25, 0.3) is 0 Å². The molecule has 0 saturated carbocycles. The van der Waals surface area contributed by atoms with Crippen molar-refractivity contribution >= 4 is 55.0 Å². The number of para-hydroxylation sites is 2. The molecule has 2 heterocycles. The van der Waals surface area contributed by atoms with Gasteiger partial charge >= 0.3 is 236 Å². The Morgan fingerprint density at radius 3 is 1.92 bits per heavy atom. The van der Waals surface area contributed by atoms with E-state index in [9.17, 15) is 9.59 Å². The van der Waals surface area contributed by atoms with E-state index in [0.29, 0.717) is 5.39 Å². The molecule has 0 bridgehead atoms. The summed E-state index contributed by atoms with van der Waals surface area (Å²) in [5.74, 6) is 0. The maximum Gasteiger partial charge on any atom is 2.00 e. The fraction of sp³-hybridized carbons (Fsp3) is 0.0952. The van der Waals surface area contributed by atoms with E-state index in [4.69, 9.17) is 0 Å². The molecule has 0 saturated heterocycles. The van der Waals surface area contributed by atoms with Crippen molar-refractivity contribution in [3.63, 3.8) is 0 Å². The number of pyridine rings is 2.